The van der Waals surface area contributed by atoms with E-state index in [9.17, 15) is 0 Å². The van der Waals surface area contributed by atoms with Gasteiger partial charge in [0.15, 0.2) is 0 Å². The van der Waals surface area contributed by atoms with Crippen LogP contribution in [0.3, 0.4) is 0 Å². The Balaban J connectivity index is 1.89. The molecule has 0 spiro atoms. The third-order valence-corrected chi connectivity index (χ3v) is 4.52. The van der Waals surface area contributed by atoms with Crippen molar-refractivity contribution in [2.24, 2.45) is 0 Å². The molecule has 1 N–H and O–H groups in total. The first-order chi connectivity index (χ1) is 11.7. The molecule has 122 valence electrons. The molecule has 24 heavy (non-hydrogen) atoms. The number of ether oxygens (including phenoxy) is 1. The largest absolute Gasteiger partial charge is 0.497 e. The number of aromatic nitrogens is 2. The molecule has 1 aliphatic heterocycles. The molecule has 2 heterocycles. The zero-order chi connectivity index (χ0) is 16.7. The molecular weight excluding hydrogens is 345 g/mol. The molecule has 1 aliphatic rings. The maximum atomic E-state index is 6.15. The number of halogens is 2. The van der Waals surface area contributed by atoms with E-state index < -0.39 is 0 Å². The van der Waals surface area contributed by atoms with Gasteiger partial charge in [0.1, 0.15) is 11.6 Å². The zero-order valence-electron chi connectivity index (χ0n) is 13.0. The highest BCUT2D eigenvalue weighted by molar-refractivity contribution is 6.34. The number of hydrogen-bond donors (Lipinski definition) is 1. The molecule has 0 aliphatic carbocycles. The maximum absolute atomic E-state index is 6.15. The fourth-order valence-corrected chi connectivity index (χ4v) is 3.54. The topological polar surface area (TPSA) is 39.1 Å². The third-order valence-electron chi connectivity index (χ3n) is 4.09. The summed E-state index contributed by atoms with van der Waals surface area (Å²) in [6, 6.07) is 13.4. The van der Waals surface area contributed by atoms with Gasteiger partial charge < -0.3 is 10.1 Å². The minimum Gasteiger partial charge on any atom is -0.497 e. The van der Waals surface area contributed by atoms with Crippen molar-refractivity contribution < 1.29 is 4.74 Å². The van der Waals surface area contributed by atoms with Crippen molar-refractivity contribution in [2.75, 3.05) is 19.0 Å². The first-order valence-corrected chi connectivity index (χ1v) is 8.38. The molecule has 4 rings (SSSR count). The third kappa shape index (κ3) is 2.62. The van der Waals surface area contributed by atoms with E-state index in [0.717, 1.165) is 41.5 Å². The highest BCUT2D eigenvalue weighted by Gasteiger charge is 2.24. The van der Waals surface area contributed by atoms with Gasteiger partial charge in [-0.2, -0.15) is 5.10 Å². The Bertz CT molecular complexity index is 900. The van der Waals surface area contributed by atoms with Gasteiger partial charge in [0.2, 0.25) is 0 Å². The molecule has 0 amide bonds. The maximum Gasteiger partial charge on any atom is 0.133 e. The SMILES string of the molecule is COc1cccc(-c2nn(-c3cc(Cl)cc(Cl)c3)c3c2CCN3)c1. The Hall–Kier alpha value is -2.17. The summed E-state index contributed by atoms with van der Waals surface area (Å²) in [5, 5.41) is 9.39. The molecule has 4 nitrogen and oxygen atoms in total. The van der Waals surface area contributed by atoms with E-state index in [1.165, 1.54) is 5.56 Å². The van der Waals surface area contributed by atoms with E-state index in [0.29, 0.717) is 10.0 Å². The Morgan fingerprint density at radius 2 is 1.92 bits per heavy atom. The summed E-state index contributed by atoms with van der Waals surface area (Å²) >= 11 is 12.3. The average molecular weight is 360 g/mol. The minimum atomic E-state index is 0.586. The van der Waals surface area contributed by atoms with Gasteiger partial charge in [0.05, 0.1) is 18.5 Å². The highest BCUT2D eigenvalue weighted by atomic mass is 35.5. The Labute approximate surface area is 150 Å². The van der Waals surface area contributed by atoms with Gasteiger partial charge in [-0.1, -0.05) is 35.3 Å². The number of hydrogen-bond acceptors (Lipinski definition) is 3. The highest BCUT2D eigenvalue weighted by Crippen LogP contribution is 2.36. The second-order valence-electron chi connectivity index (χ2n) is 5.62. The Morgan fingerprint density at radius 3 is 2.67 bits per heavy atom. The fraction of sp³-hybridized carbons (Fsp3) is 0.167. The summed E-state index contributed by atoms with van der Waals surface area (Å²) in [5.41, 5.74) is 4.01. The van der Waals surface area contributed by atoms with Gasteiger partial charge in [-0.25, -0.2) is 4.68 Å². The first-order valence-electron chi connectivity index (χ1n) is 7.62. The lowest BCUT2D eigenvalue weighted by Gasteiger charge is -2.07. The van der Waals surface area contributed by atoms with E-state index in [-0.39, 0.29) is 0 Å². The predicted molar refractivity (Wildman–Crippen MR) is 97.8 cm³/mol. The number of benzene rings is 2. The summed E-state index contributed by atoms with van der Waals surface area (Å²) in [6.45, 7) is 0.887. The second kappa shape index (κ2) is 6.04. The van der Waals surface area contributed by atoms with Crippen LogP contribution in [0.5, 0.6) is 5.75 Å². The van der Waals surface area contributed by atoms with Crippen LogP contribution in [0.25, 0.3) is 16.9 Å². The number of fused-ring (bicyclic) bond motifs is 1. The van der Waals surface area contributed by atoms with Crippen LogP contribution in [0.4, 0.5) is 5.82 Å². The molecule has 0 atom stereocenters. The van der Waals surface area contributed by atoms with Crippen molar-refractivity contribution in [1.29, 1.82) is 0 Å². The fourth-order valence-electron chi connectivity index (χ4n) is 3.03. The Morgan fingerprint density at radius 1 is 1.12 bits per heavy atom. The number of rotatable bonds is 3. The molecule has 0 fully saturated rings. The summed E-state index contributed by atoms with van der Waals surface area (Å²) < 4.78 is 7.20. The monoisotopic (exact) mass is 359 g/mol. The average Bonchev–Trinajstić information content (AvgIpc) is 3.16. The van der Waals surface area contributed by atoms with Crippen LogP contribution < -0.4 is 10.1 Å². The van der Waals surface area contributed by atoms with Crippen LogP contribution in [-0.2, 0) is 6.42 Å². The standard InChI is InChI=1S/C18H15Cl2N3O/c1-24-15-4-2-3-11(7-15)17-16-5-6-21-18(16)23(22-17)14-9-12(19)8-13(20)10-14/h2-4,7-10,21H,5-6H2,1H3. The van der Waals surface area contributed by atoms with Crippen molar-refractivity contribution in [3.05, 3.63) is 58.1 Å². The summed E-state index contributed by atoms with van der Waals surface area (Å²) in [7, 11) is 1.66. The van der Waals surface area contributed by atoms with Crippen LogP contribution in [-0.4, -0.2) is 23.4 Å². The van der Waals surface area contributed by atoms with Crippen LogP contribution >= 0.6 is 23.2 Å². The summed E-state index contributed by atoms with van der Waals surface area (Å²) in [5.74, 6) is 1.80. The molecule has 6 heteroatoms. The lowest BCUT2D eigenvalue weighted by molar-refractivity contribution is 0.415. The van der Waals surface area contributed by atoms with Crippen molar-refractivity contribution in [2.45, 2.75) is 6.42 Å². The van der Waals surface area contributed by atoms with Gasteiger partial charge in [-0.15, -0.1) is 0 Å². The number of methoxy groups -OCH3 is 1. The molecular formula is C18H15Cl2N3O. The molecule has 0 saturated carbocycles. The van der Waals surface area contributed by atoms with Gasteiger partial charge in [-0.05, 0) is 36.8 Å². The van der Waals surface area contributed by atoms with Crippen LogP contribution in [0.2, 0.25) is 10.0 Å². The van der Waals surface area contributed by atoms with Crippen LogP contribution in [0, 0.1) is 0 Å². The summed E-state index contributed by atoms with van der Waals surface area (Å²) in [6.07, 6.45) is 0.927. The molecule has 0 radical (unpaired) electrons. The zero-order valence-corrected chi connectivity index (χ0v) is 14.5. The van der Waals surface area contributed by atoms with Crippen molar-refractivity contribution in [1.82, 2.24) is 9.78 Å². The van der Waals surface area contributed by atoms with Crippen molar-refractivity contribution >= 4 is 29.0 Å². The van der Waals surface area contributed by atoms with Crippen LogP contribution in [0.1, 0.15) is 5.56 Å². The first kappa shape index (κ1) is 15.4. The van der Waals surface area contributed by atoms with Crippen molar-refractivity contribution in [3.8, 4) is 22.7 Å². The Kier molecular flexibility index (Phi) is 3.87. The molecule has 0 unspecified atom stereocenters. The lowest BCUT2D eigenvalue weighted by Crippen LogP contribution is -2.04. The van der Waals surface area contributed by atoms with Gasteiger partial charge in [0.25, 0.3) is 0 Å². The molecule has 2 aromatic carbocycles. The quantitative estimate of drug-likeness (QED) is 0.728. The second-order valence-corrected chi connectivity index (χ2v) is 6.50. The van der Waals surface area contributed by atoms with Crippen LogP contribution in [0.15, 0.2) is 42.5 Å². The molecule has 1 aromatic heterocycles. The van der Waals surface area contributed by atoms with E-state index in [1.54, 1.807) is 13.2 Å². The number of nitrogens with zero attached hydrogens (tertiary/aromatic N) is 2. The number of nitrogens with one attached hydrogen (secondary N) is 1. The van der Waals surface area contributed by atoms with E-state index in [1.807, 2.05) is 41.1 Å². The van der Waals surface area contributed by atoms with Gasteiger partial charge >= 0.3 is 0 Å². The molecule has 3 aromatic rings. The normalized spacial score (nSPS) is 12.8. The molecule has 0 saturated heterocycles. The minimum absolute atomic E-state index is 0.586. The van der Waals surface area contributed by atoms with Gasteiger partial charge in [0, 0.05) is 27.7 Å². The predicted octanol–water partition coefficient (Wildman–Crippen LogP) is 4.82. The van der Waals surface area contributed by atoms with Gasteiger partial charge in [-0.3, -0.25) is 0 Å². The number of anilines is 1. The van der Waals surface area contributed by atoms with Crippen molar-refractivity contribution in [3.63, 3.8) is 0 Å². The molecule has 0 bridgehead atoms. The smallest absolute Gasteiger partial charge is 0.133 e. The van der Waals surface area contributed by atoms with E-state index >= 15 is 0 Å². The summed E-state index contributed by atoms with van der Waals surface area (Å²) in [4.78, 5) is 0. The van der Waals surface area contributed by atoms with E-state index in [4.69, 9.17) is 33.0 Å². The lowest BCUT2D eigenvalue weighted by atomic mass is 10.1. The van der Waals surface area contributed by atoms with E-state index in [2.05, 4.69) is 5.32 Å².